The average Bonchev–Trinajstić information content (AvgIpc) is 2.90. The van der Waals surface area contributed by atoms with E-state index in [4.69, 9.17) is 5.73 Å². The molecule has 2 unspecified atom stereocenters. The lowest BCUT2D eigenvalue weighted by atomic mass is 9.57. The van der Waals surface area contributed by atoms with Crippen LogP contribution in [-0.2, 0) is 20.8 Å². The molecule has 1 aromatic carbocycles. The topological polar surface area (TPSA) is 197 Å². The number of aromatic hydroxyl groups is 1. The van der Waals surface area contributed by atoms with Crippen molar-refractivity contribution in [2.24, 2.45) is 17.6 Å². The van der Waals surface area contributed by atoms with Crippen LogP contribution < -0.4 is 20.9 Å². The third-order valence-corrected chi connectivity index (χ3v) is 8.63. The van der Waals surface area contributed by atoms with Crippen molar-refractivity contribution in [2.45, 2.75) is 44.2 Å². The van der Waals surface area contributed by atoms with Crippen molar-refractivity contribution < 1.29 is 39.6 Å². The number of nitrogens with zero attached hydrogens (tertiary/aromatic N) is 3. The Morgan fingerprint density at radius 3 is 2.29 bits per heavy atom. The van der Waals surface area contributed by atoms with Crippen molar-refractivity contribution in [3.05, 3.63) is 34.1 Å². The van der Waals surface area contributed by atoms with E-state index >= 15 is 0 Å². The van der Waals surface area contributed by atoms with Crippen LogP contribution in [0.1, 0.15) is 37.3 Å². The second kappa shape index (κ2) is 11.0. The Morgan fingerprint density at radius 2 is 1.74 bits per heavy atom. The summed E-state index contributed by atoms with van der Waals surface area (Å²) in [6, 6.07) is -0.0232. The fourth-order valence-electron chi connectivity index (χ4n) is 6.53. The highest BCUT2D eigenvalue weighted by Crippen LogP contribution is 2.54. The highest BCUT2D eigenvalue weighted by molar-refractivity contribution is 6.24. The number of unbranched alkanes of at least 4 members (excludes halogenated alkanes) is 1. The van der Waals surface area contributed by atoms with Crippen LogP contribution in [0.25, 0.3) is 5.76 Å². The second-order valence-corrected chi connectivity index (χ2v) is 11.6. The molecule has 7 N–H and O–H groups in total. The summed E-state index contributed by atoms with van der Waals surface area (Å²) in [4.78, 5) is 56.8. The Morgan fingerprint density at radius 1 is 1.10 bits per heavy atom. The summed E-state index contributed by atoms with van der Waals surface area (Å²) < 4.78 is 0. The van der Waals surface area contributed by atoms with E-state index in [0.717, 1.165) is 12.8 Å². The van der Waals surface area contributed by atoms with Gasteiger partial charge in [0.05, 0.1) is 17.3 Å². The molecule has 4 atom stereocenters. The van der Waals surface area contributed by atoms with Crippen LogP contribution in [-0.4, -0.2) is 102 Å². The van der Waals surface area contributed by atoms with Gasteiger partial charge < -0.3 is 36.4 Å². The van der Waals surface area contributed by atoms with Crippen LogP contribution in [0.3, 0.4) is 0 Å². The molecule has 13 nitrogen and oxygen atoms in total. The number of carbonyl (C=O) groups excluding carboxylic acids is 4. The van der Waals surface area contributed by atoms with Gasteiger partial charge in [-0.05, 0) is 50.9 Å². The molecular formula is C29H39N5O8. The molecule has 3 aliphatic carbocycles. The lowest BCUT2D eigenvalue weighted by Gasteiger charge is -2.50. The number of rotatable bonds is 7. The lowest BCUT2D eigenvalue weighted by molar-refractivity contribution is -0.153. The van der Waals surface area contributed by atoms with E-state index in [1.807, 2.05) is 6.92 Å². The number of amides is 3. The number of aliphatic hydroxyl groups is 3. The number of aliphatic hydroxyl groups excluding tert-OH is 2. The van der Waals surface area contributed by atoms with Gasteiger partial charge in [0, 0.05) is 44.9 Å². The molecule has 0 bridgehead atoms. The number of urea groups is 1. The zero-order valence-electron chi connectivity index (χ0n) is 24.7. The molecule has 0 saturated heterocycles. The summed E-state index contributed by atoms with van der Waals surface area (Å²) in [5.74, 6) is -7.27. The number of benzene rings is 1. The molecule has 0 heterocycles. The van der Waals surface area contributed by atoms with E-state index in [-0.39, 0.29) is 29.7 Å². The summed E-state index contributed by atoms with van der Waals surface area (Å²) in [6.45, 7) is 2.41. The maximum Gasteiger partial charge on any atom is 0.321 e. The molecule has 0 aromatic heterocycles. The Hall–Kier alpha value is -4.10. The van der Waals surface area contributed by atoms with Gasteiger partial charge in [-0.15, -0.1) is 0 Å². The third-order valence-electron chi connectivity index (χ3n) is 8.63. The smallest absolute Gasteiger partial charge is 0.321 e. The predicted molar refractivity (Wildman–Crippen MR) is 155 cm³/mol. The fourth-order valence-corrected chi connectivity index (χ4v) is 6.53. The van der Waals surface area contributed by atoms with E-state index in [1.165, 1.54) is 16.8 Å². The summed E-state index contributed by atoms with van der Waals surface area (Å²) >= 11 is 0. The number of Topliss-reactive ketones (excluding diaryl/α,β-unsaturated/α-hetero) is 2. The second-order valence-electron chi connectivity index (χ2n) is 11.6. The first-order valence-electron chi connectivity index (χ1n) is 13.8. The molecule has 13 heteroatoms. The number of hydrogen-bond donors (Lipinski definition) is 6. The van der Waals surface area contributed by atoms with Gasteiger partial charge in [-0.3, -0.25) is 24.2 Å². The fraction of sp³-hybridized carbons (Fsp3) is 0.517. The molecule has 3 amide bonds. The third kappa shape index (κ3) is 4.47. The number of fused-ring (bicyclic) bond motifs is 3. The number of hydrogen-bond acceptors (Lipinski definition) is 10. The summed E-state index contributed by atoms with van der Waals surface area (Å²) in [7, 11) is 8.08. The van der Waals surface area contributed by atoms with Crippen LogP contribution in [0.4, 0.5) is 16.2 Å². The maximum absolute atomic E-state index is 14.1. The van der Waals surface area contributed by atoms with Gasteiger partial charge in [-0.2, -0.15) is 0 Å². The Kier molecular flexibility index (Phi) is 8.04. The molecule has 42 heavy (non-hydrogen) atoms. The van der Waals surface area contributed by atoms with Gasteiger partial charge in [0.2, 0.25) is 5.78 Å². The van der Waals surface area contributed by atoms with Gasteiger partial charge in [0.1, 0.15) is 17.1 Å². The number of phenolic OH excluding ortho intramolecular Hbond substituents is 1. The number of carbonyl (C=O) groups is 4. The molecule has 0 aliphatic heterocycles. The van der Waals surface area contributed by atoms with Crippen molar-refractivity contribution in [1.29, 1.82) is 0 Å². The van der Waals surface area contributed by atoms with Crippen molar-refractivity contribution >= 4 is 40.6 Å². The van der Waals surface area contributed by atoms with Gasteiger partial charge in [-0.1, -0.05) is 13.3 Å². The molecule has 3 aliphatic rings. The highest BCUT2D eigenvalue weighted by Gasteiger charge is 2.64. The number of nitrogens with one attached hydrogen (secondary N) is 1. The maximum atomic E-state index is 14.1. The average molecular weight is 586 g/mol. The number of anilines is 2. The van der Waals surface area contributed by atoms with Gasteiger partial charge in [0.15, 0.2) is 17.1 Å². The van der Waals surface area contributed by atoms with Crippen LogP contribution >= 0.6 is 0 Å². The van der Waals surface area contributed by atoms with E-state index in [1.54, 1.807) is 39.2 Å². The summed E-state index contributed by atoms with van der Waals surface area (Å²) in [5, 5.41) is 48.6. The zero-order valence-corrected chi connectivity index (χ0v) is 24.7. The largest absolute Gasteiger partial charge is 0.508 e. The molecule has 0 radical (unpaired) electrons. The van der Waals surface area contributed by atoms with Gasteiger partial charge >= 0.3 is 6.03 Å². The van der Waals surface area contributed by atoms with Crippen molar-refractivity contribution in [3.63, 3.8) is 0 Å². The van der Waals surface area contributed by atoms with Crippen molar-refractivity contribution in [1.82, 2.24) is 10.2 Å². The van der Waals surface area contributed by atoms with E-state index in [9.17, 15) is 39.6 Å². The normalized spacial score (nSPS) is 25.2. The van der Waals surface area contributed by atoms with Crippen LogP contribution in [0.5, 0.6) is 5.75 Å². The molecular weight excluding hydrogens is 546 g/mol. The molecule has 228 valence electrons. The van der Waals surface area contributed by atoms with Crippen LogP contribution in [0.2, 0.25) is 0 Å². The zero-order chi connectivity index (χ0) is 31.4. The molecule has 1 aromatic rings. The number of ketones is 2. The number of phenols is 1. The quantitative estimate of drug-likeness (QED) is 0.198. The SMILES string of the molecule is CCCCNC(=O)N(C)c1cc(N(C)C)c2c(c1O)C(O)=C1C(=O)[C@]3(O)C(O)=C(C(N)=O)C(=O)[C@@H](N(C)C)C3CC1C2. The standard InChI is InChI=1S/C29H39N5O8/c1-7-8-9-31-28(41)34(6)17-12-16(32(2)3)14-10-13-11-15-21(33(4)5)24(37)20(27(30)40)26(39)29(15,42)25(38)18(13)23(36)19(14)22(17)35/h12-13,15,21,35-36,39,42H,7-11H2,1-6H3,(H2,30,40)(H,31,41)/t13?,15?,21-,29-/m0/s1. The molecule has 0 spiro atoms. The molecule has 4 rings (SSSR count). The summed E-state index contributed by atoms with van der Waals surface area (Å²) in [5.41, 5.74) is 2.60. The first-order chi connectivity index (χ1) is 19.6. The summed E-state index contributed by atoms with van der Waals surface area (Å²) in [6.07, 6.45) is 1.76. The van der Waals surface area contributed by atoms with Crippen molar-refractivity contribution in [2.75, 3.05) is 51.6 Å². The molecule has 1 fully saturated rings. The number of likely N-dealkylation sites (N-methyl/N-ethyl adjacent to an activating group) is 1. The van der Waals surface area contributed by atoms with Gasteiger partial charge in [0.25, 0.3) is 5.91 Å². The Balaban J connectivity index is 1.93. The first kappa shape index (κ1) is 30.8. The van der Waals surface area contributed by atoms with Crippen LogP contribution in [0.15, 0.2) is 23.0 Å². The lowest BCUT2D eigenvalue weighted by Crippen LogP contribution is -2.65. The minimum absolute atomic E-state index is 0.0130. The Bertz CT molecular complexity index is 1430. The van der Waals surface area contributed by atoms with E-state index < -0.39 is 69.8 Å². The molecule has 1 saturated carbocycles. The predicted octanol–water partition coefficient (Wildman–Crippen LogP) is 0.976. The Labute approximate surface area is 243 Å². The minimum Gasteiger partial charge on any atom is -0.508 e. The van der Waals surface area contributed by atoms with E-state index in [2.05, 4.69) is 5.32 Å². The monoisotopic (exact) mass is 585 g/mol. The van der Waals surface area contributed by atoms with Crippen molar-refractivity contribution in [3.8, 4) is 5.75 Å². The van der Waals surface area contributed by atoms with E-state index in [0.29, 0.717) is 17.8 Å². The highest BCUT2D eigenvalue weighted by atomic mass is 16.3. The van der Waals surface area contributed by atoms with Crippen LogP contribution in [0, 0.1) is 11.8 Å². The first-order valence-corrected chi connectivity index (χ1v) is 13.8. The minimum atomic E-state index is -2.72. The number of primary amides is 1. The number of nitrogens with two attached hydrogens (primary N) is 1. The van der Waals surface area contributed by atoms with Gasteiger partial charge in [-0.25, -0.2) is 4.79 Å².